The molecule has 0 atom stereocenters. The highest BCUT2D eigenvalue weighted by Gasteiger charge is 2.14. The number of nitrogen functional groups attached to an aromatic ring is 1. The van der Waals surface area contributed by atoms with Gasteiger partial charge in [0.2, 0.25) is 0 Å². The molecule has 1 aromatic rings. The minimum Gasteiger partial charge on any atom is -0.478 e. The van der Waals surface area contributed by atoms with Gasteiger partial charge in [0.15, 0.2) is 0 Å². The third-order valence-electron chi connectivity index (χ3n) is 3.88. The summed E-state index contributed by atoms with van der Waals surface area (Å²) in [5, 5.41) is 12.1. The van der Waals surface area contributed by atoms with Crippen molar-refractivity contribution in [3.05, 3.63) is 23.8 Å². The zero-order valence-electron chi connectivity index (χ0n) is 11.2. The minimum absolute atomic E-state index is 0.231. The van der Waals surface area contributed by atoms with Crippen molar-refractivity contribution in [1.82, 2.24) is 0 Å². The van der Waals surface area contributed by atoms with Gasteiger partial charge in [-0.05, 0) is 37.0 Å². The van der Waals surface area contributed by atoms with Crippen LogP contribution in [0.3, 0.4) is 0 Å². The molecule has 4 nitrogen and oxygen atoms in total. The van der Waals surface area contributed by atoms with E-state index in [0.29, 0.717) is 5.69 Å². The molecule has 0 amide bonds. The van der Waals surface area contributed by atoms with Crippen molar-refractivity contribution in [2.24, 2.45) is 5.92 Å². The number of nitrogens with two attached hydrogens (primary N) is 1. The van der Waals surface area contributed by atoms with Gasteiger partial charge in [-0.3, -0.25) is 0 Å². The van der Waals surface area contributed by atoms with E-state index in [9.17, 15) is 4.79 Å². The van der Waals surface area contributed by atoms with Crippen molar-refractivity contribution in [1.29, 1.82) is 0 Å². The first-order valence-electron chi connectivity index (χ1n) is 7.03. The summed E-state index contributed by atoms with van der Waals surface area (Å²) in [4.78, 5) is 10.8. The summed E-state index contributed by atoms with van der Waals surface area (Å²) in [6.07, 6.45) is 7.97. The maximum absolute atomic E-state index is 10.8. The van der Waals surface area contributed by atoms with E-state index in [1.54, 1.807) is 12.1 Å². The summed E-state index contributed by atoms with van der Waals surface area (Å²) in [7, 11) is 0. The lowest BCUT2D eigenvalue weighted by Gasteiger charge is -2.12. The zero-order chi connectivity index (χ0) is 13.7. The number of hydrogen-bond donors (Lipinski definition) is 3. The quantitative estimate of drug-likeness (QED) is 0.543. The minimum atomic E-state index is -0.945. The number of hydrogen-bond acceptors (Lipinski definition) is 3. The zero-order valence-corrected chi connectivity index (χ0v) is 11.2. The Morgan fingerprint density at radius 3 is 2.74 bits per heavy atom. The van der Waals surface area contributed by atoms with Gasteiger partial charge in [0, 0.05) is 6.54 Å². The van der Waals surface area contributed by atoms with Crippen molar-refractivity contribution < 1.29 is 9.90 Å². The summed E-state index contributed by atoms with van der Waals surface area (Å²) in [6, 6.07) is 4.83. The largest absolute Gasteiger partial charge is 0.478 e. The first kappa shape index (κ1) is 13.7. The van der Waals surface area contributed by atoms with Crippen molar-refractivity contribution in [2.75, 3.05) is 17.6 Å². The summed E-state index contributed by atoms with van der Waals surface area (Å²) < 4.78 is 0. The second kappa shape index (κ2) is 6.45. The molecule has 4 heteroatoms. The summed E-state index contributed by atoms with van der Waals surface area (Å²) in [5.74, 6) is -0.0342. The van der Waals surface area contributed by atoms with Gasteiger partial charge in [0.1, 0.15) is 0 Å². The van der Waals surface area contributed by atoms with E-state index in [2.05, 4.69) is 5.32 Å². The van der Waals surface area contributed by atoms with E-state index >= 15 is 0 Å². The number of carbonyl (C=O) groups is 1. The third-order valence-corrected chi connectivity index (χ3v) is 3.88. The molecule has 0 aromatic heterocycles. The predicted octanol–water partition coefficient (Wildman–Crippen LogP) is 3.35. The number of benzene rings is 1. The molecule has 0 unspecified atom stereocenters. The molecule has 0 aliphatic heterocycles. The van der Waals surface area contributed by atoms with Crippen LogP contribution in [0.4, 0.5) is 11.4 Å². The number of anilines is 2. The van der Waals surface area contributed by atoms with Crippen LogP contribution in [0.15, 0.2) is 18.2 Å². The molecule has 1 saturated carbocycles. The predicted molar refractivity (Wildman–Crippen MR) is 77.5 cm³/mol. The Morgan fingerprint density at radius 1 is 1.37 bits per heavy atom. The lowest BCUT2D eigenvalue weighted by atomic mass is 10.0. The van der Waals surface area contributed by atoms with Gasteiger partial charge in [-0.25, -0.2) is 4.79 Å². The highest BCUT2D eigenvalue weighted by atomic mass is 16.4. The Morgan fingerprint density at radius 2 is 2.11 bits per heavy atom. The van der Waals surface area contributed by atoms with E-state index in [1.807, 2.05) is 0 Å². The van der Waals surface area contributed by atoms with Gasteiger partial charge in [-0.1, -0.05) is 25.7 Å². The molecule has 1 aromatic carbocycles. The number of carboxylic acids is 1. The molecule has 0 saturated heterocycles. The molecule has 1 aliphatic rings. The van der Waals surface area contributed by atoms with Crippen LogP contribution in [0.25, 0.3) is 0 Å². The molecule has 19 heavy (non-hydrogen) atoms. The standard InChI is InChI=1S/C15H22N2O2/c16-13-10-12(15(18)19)7-8-14(13)17-9-3-6-11-4-1-2-5-11/h7-8,10-11,17H,1-6,9,16H2,(H,18,19). The molecule has 4 N–H and O–H groups in total. The normalized spacial score (nSPS) is 15.6. The Labute approximate surface area is 114 Å². The third kappa shape index (κ3) is 3.88. The maximum Gasteiger partial charge on any atom is 0.335 e. The smallest absolute Gasteiger partial charge is 0.335 e. The van der Waals surface area contributed by atoms with Crippen LogP contribution in [0, 0.1) is 5.92 Å². The molecule has 0 bridgehead atoms. The summed E-state index contributed by atoms with van der Waals surface area (Å²) >= 11 is 0. The molecule has 1 aliphatic carbocycles. The summed E-state index contributed by atoms with van der Waals surface area (Å²) in [6.45, 7) is 0.896. The van der Waals surface area contributed by atoms with Gasteiger partial charge < -0.3 is 16.2 Å². The van der Waals surface area contributed by atoms with Crippen LogP contribution >= 0.6 is 0 Å². The first-order chi connectivity index (χ1) is 9.16. The highest BCUT2D eigenvalue weighted by Crippen LogP contribution is 2.28. The van der Waals surface area contributed by atoms with E-state index in [4.69, 9.17) is 10.8 Å². The van der Waals surface area contributed by atoms with Gasteiger partial charge in [0.25, 0.3) is 0 Å². The Kier molecular flexibility index (Phi) is 4.66. The topological polar surface area (TPSA) is 75.4 Å². The average molecular weight is 262 g/mol. The van der Waals surface area contributed by atoms with Gasteiger partial charge in [0.05, 0.1) is 16.9 Å². The SMILES string of the molecule is Nc1cc(C(=O)O)ccc1NCCCC1CCCC1. The maximum atomic E-state index is 10.8. The van der Waals surface area contributed by atoms with E-state index < -0.39 is 5.97 Å². The van der Waals surface area contributed by atoms with Crippen LogP contribution in [-0.2, 0) is 0 Å². The second-order valence-electron chi connectivity index (χ2n) is 5.33. The van der Waals surface area contributed by atoms with E-state index in [0.717, 1.165) is 24.6 Å². The number of nitrogens with one attached hydrogen (secondary N) is 1. The van der Waals surface area contributed by atoms with E-state index in [-0.39, 0.29) is 5.56 Å². The number of rotatable bonds is 6. The molecular formula is C15H22N2O2. The van der Waals surface area contributed by atoms with Crippen molar-refractivity contribution in [3.8, 4) is 0 Å². The fourth-order valence-corrected chi connectivity index (χ4v) is 2.77. The molecular weight excluding hydrogens is 240 g/mol. The van der Waals surface area contributed by atoms with Crippen molar-refractivity contribution >= 4 is 17.3 Å². The Balaban J connectivity index is 1.77. The van der Waals surface area contributed by atoms with Gasteiger partial charge in [-0.2, -0.15) is 0 Å². The summed E-state index contributed by atoms with van der Waals surface area (Å²) in [5.41, 5.74) is 7.40. The van der Waals surface area contributed by atoms with Crippen molar-refractivity contribution in [2.45, 2.75) is 38.5 Å². The van der Waals surface area contributed by atoms with Gasteiger partial charge in [-0.15, -0.1) is 0 Å². The first-order valence-corrected chi connectivity index (χ1v) is 7.03. The van der Waals surface area contributed by atoms with E-state index in [1.165, 1.54) is 38.2 Å². The molecule has 0 heterocycles. The number of carboxylic acid groups (broad SMARTS) is 1. The molecule has 0 radical (unpaired) electrons. The highest BCUT2D eigenvalue weighted by molar-refractivity contribution is 5.90. The average Bonchev–Trinajstić information content (AvgIpc) is 2.89. The van der Waals surface area contributed by atoms with Crippen molar-refractivity contribution in [3.63, 3.8) is 0 Å². The lowest BCUT2D eigenvalue weighted by molar-refractivity contribution is 0.0697. The monoisotopic (exact) mass is 262 g/mol. The number of aromatic carboxylic acids is 1. The van der Waals surface area contributed by atoms with Crippen LogP contribution in [0.1, 0.15) is 48.9 Å². The molecule has 0 spiro atoms. The Bertz CT molecular complexity index is 440. The fourth-order valence-electron chi connectivity index (χ4n) is 2.77. The lowest BCUT2D eigenvalue weighted by Crippen LogP contribution is -2.07. The Hall–Kier alpha value is -1.71. The molecule has 2 rings (SSSR count). The van der Waals surface area contributed by atoms with Gasteiger partial charge >= 0.3 is 5.97 Å². The van der Waals surface area contributed by atoms with Crippen LogP contribution in [0.5, 0.6) is 0 Å². The second-order valence-corrected chi connectivity index (χ2v) is 5.33. The molecule has 104 valence electrons. The van der Waals surface area contributed by atoms with Crippen LogP contribution in [0.2, 0.25) is 0 Å². The fraction of sp³-hybridized carbons (Fsp3) is 0.533. The van der Waals surface area contributed by atoms with Crippen LogP contribution < -0.4 is 11.1 Å². The van der Waals surface area contributed by atoms with Crippen LogP contribution in [-0.4, -0.2) is 17.6 Å². The molecule has 1 fully saturated rings.